The molecular weight excluding hydrogens is 166 g/mol. The van der Waals surface area contributed by atoms with Gasteiger partial charge in [0.25, 0.3) is 0 Å². The van der Waals surface area contributed by atoms with E-state index in [9.17, 15) is 4.79 Å². The van der Waals surface area contributed by atoms with Crippen molar-refractivity contribution in [1.29, 1.82) is 0 Å². The zero-order valence-electron chi connectivity index (χ0n) is 7.70. The molecule has 0 aliphatic rings. The van der Waals surface area contributed by atoms with Gasteiger partial charge < -0.3 is 4.74 Å². The van der Waals surface area contributed by atoms with Gasteiger partial charge in [0.2, 0.25) is 0 Å². The Kier molecular flexibility index (Phi) is 3.31. The standard InChI is InChI=1S/C10H12NO2/c1-3-13-10(12)11-9-6-4-8(2)5-7-9/h3-7H,1-2H3,(H,11,12). The summed E-state index contributed by atoms with van der Waals surface area (Å²) in [6.45, 7) is 4.97. The van der Waals surface area contributed by atoms with Crippen LogP contribution < -0.4 is 5.32 Å². The van der Waals surface area contributed by atoms with Gasteiger partial charge in [-0.25, -0.2) is 4.79 Å². The van der Waals surface area contributed by atoms with Crippen LogP contribution in [0.25, 0.3) is 0 Å². The maximum Gasteiger partial charge on any atom is 0.412 e. The smallest absolute Gasteiger partial charge is 0.412 e. The number of anilines is 1. The first kappa shape index (κ1) is 9.58. The Morgan fingerprint density at radius 3 is 2.54 bits per heavy atom. The quantitative estimate of drug-likeness (QED) is 0.756. The number of aryl methyl sites for hydroxylation is 1. The second-order valence-corrected chi connectivity index (χ2v) is 2.63. The van der Waals surface area contributed by atoms with E-state index in [-0.39, 0.29) is 0 Å². The number of carbonyl (C=O) groups excluding carboxylic acids is 1. The van der Waals surface area contributed by atoms with Crippen molar-refractivity contribution in [3.63, 3.8) is 0 Å². The molecule has 13 heavy (non-hydrogen) atoms. The molecule has 0 saturated heterocycles. The van der Waals surface area contributed by atoms with E-state index in [4.69, 9.17) is 0 Å². The predicted molar refractivity (Wildman–Crippen MR) is 51.3 cm³/mol. The highest BCUT2D eigenvalue weighted by molar-refractivity contribution is 5.84. The summed E-state index contributed by atoms with van der Waals surface area (Å²) in [6, 6.07) is 7.50. The molecule has 1 N–H and O–H groups in total. The summed E-state index contributed by atoms with van der Waals surface area (Å²) >= 11 is 0. The van der Waals surface area contributed by atoms with Crippen molar-refractivity contribution in [3.8, 4) is 0 Å². The lowest BCUT2D eigenvalue weighted by Gasteiger charge is -2.04. The topological polar surface area (TPSA) is 38.3 Å². The Bertz CT molecular complexity index is 279. The molecule has 0 saturated carbocycles. The van der Waals surface area contributed by atoms with Gasteiger partial charge in [-0.2, -0.15) is 0 Å². The van der Waals surface area contributed by atoms with Crippen LogP contribution in [-0.2, 0) is 4.74 Å². The third-order valence-corrected chi connectivity index (χ3v) is 1.52. The first-order chi connectivity index (χ1) is 6.22. The first-order valence-electron chi connectivity index (χ1n) is 4.04. The molecule has 0 aliphatic carbocycles. The molecular formula is C10H12NO2. The van der Waals surface area contributed by atoms with Crippen molar-refractivity contribution in [1.82, 2.24) is 0 Å². The molecule has 1 radical (unpaired) electrons. The summed E-state index contributed by atoms with van der Waals surface area (Å²) in [5.41, 5.74) is 1.89. The van der Waals surface area contributed by atoms with Gasteiger partial charge >= 0.3 is 6.09 Å². The summed E-state index contributed by atoms with van der Waals surface area (Å²) in [7, 11) is 0. The number of hydrogen-bond acceptors (Lipinski definition) is 2. The largest absolute Gasteiger partial charge is 0.442 e. The van der Waals surface area contributed by atoms with Gasteiger partial charge in [-0.05, 0) is 26.0 Å². The molecule has 1 aromatic rings. The molecule has 0 bridgehead atoms. The van der Waals surface area contributed by atoms with E-state index in [1.807, 2.05) is 31.2 Å². The lowest BCUT2D eigenvalue weighted by atomic mass is 10.2. The molecule has 1 amide bonds. The van der Waals surface area contributed by atoms with E-state index in [1.165, 1.54) is 6.61 Å². The van der Waals surface area contributed by atoms with Crippen molar-refractivity contribution < 1.29 is 9.53 Å². The van der Waals surface area contributed by atoms with Crippen LogP contribution >= 0.6 is 0 Å². The normalized spacial score (nSPS) is 9.38. The number of carbonyl (C=O) groups is 1. The average Bonchev–Trinajstić information content (AvgIpc) is 2.09. The number of rotatable bonds is 2. The summed E-state index contributed by atoms with van der Waals surface area (Å²) < 4.78 is 4.60. The monoisotopic (exact) mass is 178 g/mol. The maximum atomic E-state index is 10.9. The van der Waals surface area contributed by atoms with E-state index in [1.54, 1.807) is 6.92 Å². The van der Waals surface area contributed by atoms with E-state index in [0.29, 0.717) is 0 Å². The number of hydrogen-bond donors (Lipinski definition) is 1. The van der Waals surface area contributed by atoms with Crippen LogP contribution in [0.5, 0.6) is 0 Å². The second kappa shape index (κ2) is 4.50. The van der Waals surface area contributed by atoms with Crippen molar-refractivity contribution >= 4 is 11.8 Å². The third-order valence-electron chi connectivity index (χ3n) is 1.52. The fraction of sp³-hybridized carbons (Fsp3) is 0.200. The van der Waals surface area contributed by atoms with Crippen molar-refractivity contribution in [3.05, 3.63) is 36.4 Å². The SMILES string of the molecule is C[CH]OC(=O)Nc1ccc(C)cc1. The molecule has 0 aromatic heterocycles. The minimum Gasteiger partial charge on any atom is -0.442 e. The number of benzene rings is 1. The van der Waals surface area contributed by atoms with E-state index < -0.39 is 6.09 Å². The second-order valence-electron chi connectivity index (χ2n) is 2.63. The van der Waals surface area contributed by atoms with Crippen LogP contribution in [0.3, 0.4) is 0 Å². The molecule has 0 atom stereocenters. The van der Waals surface area contributed by atoms with Gasteiger partial charge in [-0.15, -0.1) is 0 Å². The van der Waals surface area contributed by atoms with Crippen LogP contribution in [0.15, 0.2) is 24.3 Å². The van der Waals surface area contributed by atoms with E-state index in [2.05, 4.69) is 10.1 Å². The molecule has 3 heteroatoms. The van der Waals surface area contributed by atoms with E-state index in [0.717, 1.165) is 11.3 Å². The van der Waals surface area contributed by atoms with Crippen molar-refractivity contribution in [2.45, 2.75) is 13.8 Å². The predicted octanol–water partition coefficient (Wildman–Crippen LogP) is 2.73. The Hall–Kier alpha value is -1.51. The van der Waals surface area contributed by atoms with Crippen LogP contribution in [0.2, 0.25) is 0 Å². The molecule has 3 nitrogen and oxygen atoms in total. The van der Waals surface area contributed by atoms with Crippen LogP contribution in [-0.4, -0.2) is 6.09 Å². The average molecular weight is 178 g/mol. The fourth-order valence-electron chi connectivity index (χ4n) is 0.891. The van der Waals surface area contributed by atoms with Gasteiger partial charge in [-0.1, -0.05) is 17.7 Å². The van der Waals surface area contributed by atoms with Crippen molar-refractivity contribution in [2.24, 2.45) is 0 Å². The van der Waals surface area contributed by atoms with Gasteiger partial charge in [0.15, 0.2) is 0 Å². The summed E-state index contributed by atoms with van der Waals surface area (Å²) in [5, 5.41) is 2.58. The molecule has 0 heterocycles. The lowest BCUT2D eigenvalue weighted by molar-refractivity contribution is 0.189. The zero-order chi connectivity index (χ0) is 9.68. The lowest BCUT2D eigenvalue weighted by Crippen LogP contribution is -2.11. The summed E-state index contributed by atoms with van der Waals surface area (Å²) in [6.07, 6.45) is -0.466. The van der Waals surface area contributed by atoms with Crippen LogP contribution in [0, 0.1) is 13.5 Å². The molecule has 0 fully saturated rings. The summed E-state index contributed by atoms with van der Waals surface area (Å²) in [4.78, 5) is 10.9. The van der Waals surface area contributed by atoms with Crippen LogP contribution in [0.1, 0.15) is 12.5 Å². The number of ether oxygens (including phenoxy) is 1. The Morgan fingerprint density at radius 2 is 2.00 bits per heavy atom. The molecule has 0 aliphatic heterocycles. The summed E-state index contributed by atoms with van der Waals surface area (Å²) in [5.74, 6) is 0. The molecule has 0 unspecified atom stereocenters. The molecule has 69 valence electrons. The minimum atomic E-state index is -0.466. The minimum absolute atomic E-state index is 0.466. The number of nitrogens with one attached hydrogen (secondary N) is 1. The fourth-order valence-corrected chi connectivity index (χ4v) is 0.891. The van der Waals surface area contributed by atoms with Gasteiger partial charge in [-0.3, -0.25) is 5.32 Å². The van der Waals surface area contributed by atoms with Crippen LogP contribution in [0.4, 0.5) is 10.5 Å². The number of amides is 1. The highest BCUT2D eigenvalue weighted by Crippen LogP contribution is 2.08. The van der Waals surface area contributed by atoms with Gasteiger partial charge in [0.1, 0.15) is 6.61 Å². The van der Waals surface area contributed by atoms with Gasteiger partial charge in [0, 0.05) is 5.69 Å². The molecule has 1 aromatic carbocycles. The maximum absolute atomic E-state index is 10.9. The highest BCUT2D eigenvalue weighted by atomic mass is 16.5. The Balaban J connectivity index is 2.54. The van der Waals surface area contributed by atoms with E-state index >= 15 is 0 Å². The first-order valence-corrected chi connectivity index (χ1v) is 4.04. The molecule has 0 spiro atoms. The molecule has 1 rings (SSSR count). The Labute approximate surface area is 77.7 Å². The highest BCUT2D eigenvalue weighted by Gasteiger charge is 2.00. The Morgan fingerprint density at radius 1 is 1.38 bits per heavy atom. The third kappa shape index (κ3) is 3.15. The van der Waals surface area contributed by atoms with Gasteiger partial charge in [0.05, 0.1) is 0 Å². The zero-order valence-corrected chi connectivity index (χ0v) is 7.70. The van der Waals surface area contributed by atoms with Crippen molar-refractivity contribution in [2.75, 3.05) is 5.32 Å².